The summed E-state index contributed by atoms with van der Waals surface area (Å²) >= 11 is 0. The third kappa shape index (κ3) is 9.79. The Bertz CT molecular complexity index is 289. The molecule has 1 rings (SSSR count). The van der Waals surface area contributed by atoms with E-state index in [0.717, 1.165) is 0 Å². The van der Waals surface area contributed by atoms with Crippen molar-refractivity contribution < 1.29 is 0 Å². The predicted octanol–water partition coefficient (Wildman–Crippen LogP) is 6.73. The molecule has 19 heavy (non-hydrogen) atoms. The van der Waals surface area contributed by atoms with Gasteiger partial charge in [-0.05, 0) is 24.5 Å². The zero-order valence-electron chi connectivity index (χ0n) is 12.9. The van der Waals surface area contributed by atoms with Crippen molar-refractivity contribution in [3.63, 3.8) is 0 Å². The van der Waals surface area contributed by atoms with Crippen LogP contribution < -0.4 is 0 Å². The normalized spacial score (nSPS) is 13.2. The van der Waals surface area contributed by atoms with Gasteiger partial charge in [0.15, 0.2) is 0 Å². The second kappa shape index (κ2) is 12.3. The minimum Gasteiger partial charge on any atom is -0.117 e. The summed E-state index contributed by atoms with van der Waals surface area (Å²) < 4.78 is 0. The fourth-order valence-electron chi connectivity index (χ4n) is 2.68. The Morgan fingerprint density at radius 2 is 1.26 bits per heavy atom. The van der Waals surface area contributed by atoms with Gasteiger partial charge in [-0.2, -0.15) is 0 Å². The summed E-state index contributed by atoms with van der Waals surface area (Å²) in [5.74, 6) is 0. The van der Waals surface area contributed by atoms with Gasteiger partial charge < -0.3 is 0 Å². The number of hydrogen-bond acceptors (Lipinski definition) is 0. The molecule has 0 atom stereocenters. The molecule has 0 N–H and O–H groups in total. The van der Waals surface area contributed by atoms with Crippen LogP contribution in [0.3, 0.4) is 0 Å². The van der Waals surface area contributed by atoms with Crippen LogP contribution in [0.5, 0.6) is 0 Å². The molecule has 0 unspecified atom stereocenters. The van der Waals surface area contributed by atoms with Crippen LogP contribution >= 0.6 is 0 Å². The van der Waals surface area contributed by atoms with E-state index in [4.69, 9.17) is 0 Å². The Morgan fingerprint density at radius 1 is 0.737 bits per heavy atom. The van der Waals surface area contributed by atoms with Crippen molar-refractivity contribution in [3.05, 3.63) is 29.5 Å². The van der Waals surface area contributed by atoms with Crippen LogP contribution in [0, 0.1) is 0 Å². The van der Waals surface area contributed by atoms with E-state index in [1.54, 1.807) is 0 Å². The van der Waals surface area contributed by atoms with Crippen LogP contribution in [0.2, 0.25) is 0 Å². The molecular weight excluding hydrogens is 228 g/mol. The Hall–Kier alpha value is -0.740. The highest BCUT2D eigenvalue weighted by Gasteiger charge is 1.96. The first-order valence-corrected chi connectivity index (χ1v) is 8.55. The summed E-state index contributed by atoms with van der Waals surface area (Å²) in [6.45, 7) is 2.29. The van der Waals surface area contributed by atoms with E-state index in [9.17, 15) is 0 Å². The van der Waals surface area contributed by atoms with Crippen molar-refractivity contribution in [3.8, 4) is 0 Å². The highest BCUT2D eigenvalue weighted by Crippen LogP contribution is 2.15. The molecule has 0 aromatic carbocycles. The first-order chi connectivity index (χ1) is 9.43. The van der Waals surface area contributed by atoms with Crippen LogP contribution in [0.4, 0.5) is 0 Å². The van der Waals surface area contributed by atoms with Gasteiger partial charge in [-0.15, -0.1) is 5.73 Å². The maximum absolute atomic E-state index is 3.28. The third-order valence-corrected chi connectivity index (χ3v) is 3.96. The highest BCUT2D eigenvalue weighted by molar-refractivity contribution is 5.28. The maximum Gasteiger partial charge on any atom is -0.00601 e. The van der Waals surface area contributed by atoms with Gasteiger partial charge in [-0.25, -0.2) is 0 Å². The van der Waals surface area contributed by atoms with Crippen LogP contribution in [0.1, 0.15) is 90.4 Å². The second-order valence-corrected chi connectivity index (χ2v) is 5.83. The van der Waals surface area contributed by atoms with Crippen molar-refractivity contribution in [2.45, 2.75) is 90.4 Å². The van der Waals surface area contributed by atoms with Crippen LogP contribution in [-0.4, -0.2) is 0 Å². The van der Waals surface area contributed by atoms with E-state index in [2.05, 4.69) is 24.8 Å². The number of unbranched alkanes of at least 4 members (excludes halogenated alkanes) is 11. The van der Waals surface area contributed by atoms with Gasteiger partial charge in [0.05, 0.1) is 0 Å². The molecule has 0 saturated heterocycles. The molecule has 0 heterocycles. The molecule has 0 fully saturated rings. The Morgan fingerprint density at radius 3 is 1.74 bits per heavy atom. The summed E-state index contributed by atoms with van der Waals surface area (Å²) in [6, 6.07) is 0. The molecule has 0 amide bonds. The van der Waals surface area contributed by atoms with Crippen molar-refractivity contribution in [2.24, 2.45) is 0 Å². The molecule has 108 valence electrons. The lowest BCUT2D eigenvalue weighted by molar-refractivity contribution is 0.544. The maximum atomic E-state index is 3.28. The highest BCUT2D eigenvalue weighted by atomic mass is 14.0. The monoisotopic (exact) mass is 260 g/mol. The molecule has 0 bridgehead atoms. The van der Waals surface area contributed by atoms with E-state index in [1.165, 1.54) is 89.0 Å². The number of allylic oxidation sites excluding steroid dienone is 3. The summed E-state index contributed by atoms with van der Waals surface area (Å²) in [4.78, 5) is 0. The molecule has 0 spiro atoms. The van der Waals surface area contributed by atoms with E-state index >= 15 is 0 Å². The second-order valence-electron chi connectivity index (χ2n) is 5.83. The minimum absolute atomic E-state index is 1.23. The lowest BCUT2D eigenvalue weighted by Crippen LogP contribution is -1.83. The zero-order chi connectivity index (χ0) is 13.6. The Balaban J connectivity index is 1.72. The Labute approximate surface area is 120 Å². The molecular formula is C19H32. The minimum atomic E-state index is 1.23. The van der Waals surface area contributed by atoms with Crippen molar-refractivity contribution in [1.82, 2.24) is 0 Å². The van der Waals surface area contributed by atoms with Crippen LogP contribution in [0.15, 0.2) is 29.5 Å². The van der Waals surface area contributed by atoms with E-state index in [1.807, 2.05) is 6.08 Å². The van der Waals surface area contributed by atoms with Gasteiger partial charge in [0.2, 0.25) is 0 Å². The predicted molar refractivity (Wildman–Crippen MR) is 86.4 cm³/mol. The van der Waals surface area contributed by atoms with Crippen molar-refractivity contribution in [1.29, 1.82) is 0 Å². The average Bonchev–Trinajstić information content (AvgIpc) is 2.93. The summed E-state index contributed by atoms with van der Waals surface area (Å²) in [6.07, 6.45) is 24.7. The standard InChI is InChI=1S/C19H32/c1-2-3-4-5-6-7-8-9-10-11-12-13-16-19-17-14-15-18-19/h14-15,17H,2-13,16H2,1H3. The van der Waals surface area contributed by atoms with Gasteiger partial charge in [0.1, 0.15) is 0 Å². The van der Waals surface area contributed by atoms with Gasteiger partial charge in [-0.3, -0.25) is 0 Å². The molecule has 0 nitrogen and oxygen atoms in total. The van der Waals surface area contributed by atoms with Crippen molar-refractivity contribution >= 4 is 0 Å². The average molecular weight is 260 g/mol. The van der Waals surface area contributed by atoms with Crippen LogP contribution in [-0.2, 0) is 0 Å². The summed E-state index contributed by atoms with van der Waals surface area (Å²) in [7, 11) is 0. The van der Waals surface area contributed by atoms with E-state index in [0.29, 0.717) is 0 Å². The SMILES string of the molecule is CCCCCCCCCCCCCCC1=C=CC=C1. The van der Waals surface area contributed by atoms with Crippen molar-refractivity contribution in [2.75, 3.05) is 0 Å². The molecule has 1 aliphatic carbocycles. The number of rotatable bonds is 13. The number of hydrogen-bond donors (Lipinski definition) is 0. The fourth-order valence-corrected chi connectivity index (χ4v) is 2.68. The third-order valence-electron chi connectivity index (χ3n) is 3.96. The fraction of sp³-hybridized carbons (Fsp3) is 0.737. The molecule has 0 aromatic rings. The molecule has 0 heteroatoms. The summed E-state index contributed by atoms with van der Waals surface area (Å²) in [5.41, 5.74) is 4.67. The largest absolute Gasteiger partial charge is 0.117 e. The van der Waals surface area contributed by atoms with Gasteiger partial charge >= 0.3 is 0 Å². The topological polar surface area (TPSA) is 0 Å². The molecule has 0 aromatic heterocycles. The first kappa shape index (κ1) is 16.3. The summed E-state index contributed by atoms with van der Waals surface area (Å²) in [5, 5.41) is 0. The zero-order valence-corrected chi connectivity index (χ0v) is 12.9. The smallest absolute Gasteiger partial charge is 0.00601 e. The molecule has 0 radical (unpaired) electrons. The lowest BCUT2D eigenvalue weighted by Gasteiger charge is -2.02. The van der Waals surface area contributed by atoms with E-state index < -0.39 is 0 Å². The quantitative estimate of drug-likeness (QED) is 0.254. The van der Waals surface area contributed by atoms with Crippen LogP contribution in [0.25, 0.3) is 0 Å². The first-order valence-electron chi connectivity index (χ1n) is 8.55. The molecule has 1 aliphatic rings. The molecule has 0 saturated carbocycles. The van der Waals surface area contributed by atoms with Gasteiger partial charge in [0.25, 0.3) is 0 Å². The lowest BCUT2D eigenvalue weighted by atomic mass is 10.0. The van der Waals surface area contributed by atoms with Gasteiger partial charge in [-0.1, -0.05) is 89.7 Å². The molecule has 0 aliphatic heterocycles. The van der Waals surface area contributed by atoms with E-state index in [-0.39, 0.29) is 0 Å². The van der Waals surface area contributed by atoms with Gasteiger partial charge in [0, 0.05) is 0 Å². The Kier molecular flexibility index (Phi) is 10.6.